The highest BCUT2D eigenvalue weighted by atomic mass is 35.5. The summed E-state index contributed by atoms with van der Waals surface area (Å²) in [6.45, 7) is 6.49. The van der Waals surface area contributed by atoms with Gasteiger partial charge in [0.1, 0.15) is 22.4 Å². The largest absolute Gasteiger partial charge is 0.486 e. The third-order valence-corrected chi connectivity index (χ3v) is 11.4. The Bertz CT molecular complexity index is 3100. The van der Waals surface area contributed by atoms with Crippen molar-refractivity contribution < 1.29 is 29.1 Å². The molecule has 0 saturated heterocycles. The summed E-state index contributed by atoms with van der Waals surface area (Å²) in [5.74, 6) is -0.888. The fourth-order valence-electron chi connectivity index (χ4n) is 7.43. The van der Waals surface area contributed by atoms with Crippen LogP contribution in [0, 0.1) is 0 Å². The molecule has 0 unspecified atom stereocenters. The van der Waals surface area contributed by atoms with Crippen molar-refractivity contribution in [2.45, 2.75) is 45.1 Å². The van der Waals surface area contributed by atoms with E-state index in [2.05, 4.69) is 48.9 Å². The Labute approximate surface area is 344 Å². The average Bonchev–Trinajstić information content (AvgIpc) is 3.89. The summed E-state index contributed by atoms with van der Waals surface area (Å²) >= 11 is 21.0. The highest BCUT2D eigenvalue weighted by Crippen LogP contribution is 2.49. The number of nitrogens with one attached hydrogen (secondary N) is 2. The summed E-state index contributed by atoms with van der Waals surface area (Å²) in [7, 11) is 1.86. The monoisotopic (exact) mass is 833 g/mol. The number of aromatic amines is 2. The molecule has 0 amide bonds. The van der Waals surface area contributed by atoms with E-state index >= 15 is 0 Å². The van der Waals surface area contributed by atoms with E-state index in [9.17, 15) is 19.8 Å². The zero-order valence-electron chi connectivity index (χ0n) is 31.3. The Morgan fingerprint density at radius 1 is 0.672 bits per heavy atom. The first-order valence-electron chi connectivity index (χ1n) is 18.2. The predicted molar refractivity (Wildman–Crippen MR) is 222 cm³/mol. The summed E-state index contributed by atoms with van der Waals surface area (Å²) in [6.07, 6.45) is -2.61. The molecule has 13 nitrogen and oxygen atoms in total. The maximum Gasteiger partial charge on any atom is 0.307 e. The van der Waals surface area contributed by atoms with Gasteiger partial charge in [0.25, 0.3) is 11.6 Å². The van der Waals surface area contributed by atoms with Crippen molar-refractivity contribution >= 4 is 90.9 Å². The van der Waals surface area contributed by atoms with Gasteiger partial charge in [-0.25, -0.2) is 19.5 Å². The molecule has 8 bridgehead atoms. The van der Waals surface area contributed by atoms with Crippen molar-refractivity contribution in [3.63, 3.8) is 0 Å². The van der Waals surface area contributed by atoms with Crippen LogP contribution in [0.2, 0.25) is 15.1 Å². The van der Waals surface area contributed by atoms with Crippen LogP contribution in [0.15, 0.2) is 66.7 Å². The first-order chi connectivity index (χ1) is 27.7. The number of benzene rings is 4. The number of carbonyl (C=O) groups is 2. The number of carboxylic acids is 2. The SMILES string of the molecule is C[n+]1c2nc3[nH]c(nc4nc(nc5[nH]c(nc1-c1ccccc1-2)c1c(Cl)c(OC(CC(=O)O)CC(=O)O)c(Cl)c(Cl)c51)-c1ccccc1-4)c1ccc(C(C)(C)C)cc31. The maximum atomic E-state index is 11.7. The van der Waals surface area contributed by atoms with Crippen LogP contribution in [0.25, 0.3) is 89.7 Å². The Balaban J connectivity index is 1.45. The Morgan fingerprint density at radius 3 is 1.76 bits per heavy atom. The highest BCUT2D eigenvalue weighted by Gasteiger charge is 2.32. The van der Waals surface area contributed by atoms with Crippen molar-refractivity contribution in [3.8, 4) is 51.3 Å². The number of carboxylic acid groups (broad SMARTS) is 2. The van der Waals surface area contributed by atoms with Crippen LogP contribution in [0.3, 0.4) is 0 Å². The van der Waals surface area contributed by atoms with Crippen LogP contribution in [0.1, 0.15) is 39.2 Å². The minimum atomic E-state index is -1.33. The van der Waals surface area contributed by atoms with E-state index < -0.39 is 30.9 Å². The third-order valence-electron chi connectivity index (χ3n) is 10.2. The maximum absolute atomic E-state index is 11.7. The van der Waals surface area contributed by atoms with Gasteiger partial charge in [-0.2, -0.15) is 0 Å². The zero-order chi connectivity index (χ0) is 40.8. The number of hydrogen-bond acceptors (Lipinski definition) is 8. The van der Waals surface area contributed by atoms with Crippen LogP contribution in [-0.4, -0.2) is 63.1 Å². The van der Waals surface area contributed by atoms with Crippen molar-refractivity contribution in [1.82, 2.24) is 34.9 Å². The van der Waals surface area contributed by atoms with Gasteiger partial charge >= 0.3 is 11.9 Å². The van der Waals surface area contributed by atoms with Gasteiger partial charge < -0.3 is 24.9 Å². The molecular weight excluding hydrogens is 803 g/mol. The molecule has 4 aromatic carbocycles. The molecule has 9 rings (SSSR count). The zero-order valence-corrected chi connectivity index (χ0v) is 33.5. The first-order valence-corrected chi connectivity index (χ1v) is 19.3. The molecule has 0 spiro atoms. The van der Waals surface area contributed by atoms with Crippen LogP contribution < -0.4 is 9.30 Å². The van der Waals surface area contributed by atoms with Crippen LogP contribution in [-0.2, 0) is 22.1 Å². The molecule has 0 saturated carbocycles. The van der Waals surface area contributed by atoms with E-state index in [1.807, 2.05) is 60.1 Å². The number of aromatic nitrogens is 8. The molecule has 4 N–H and O–H groups in total. The smallest absolute Gasteiger partial charge is 0.307 e. The standard InChI is InChI=1S/C42H31Cl3N8O5/c1-42(2,3)18-13-14-22-25(15-18)37-48-36(22)47-34-20-9-5-6-10-21(20)35(46-34)49-38-28-29(31(44)33(32(45)30(28)43)58-19(16-26(54)55)17-27(56)57)39(50-38)52-41-24-12-8-7-11-23(24)40(51-37)53(41)4/h5-15,19H,16-17H2,1-4H3,(H3,46,47,48,49,50,51,52,54,55,56,57)/p+1. The Kier molecular flexibility index (Phi) is 8.88. The molecule has 2 aliphatic rings. The van der Waals surface area contributed by atoms with Gasteiger partial charge in [0.15, 0.2) is 17.4 Å². The van der Waals surface area contributed by atoms with Gasteiger partial charge in [-0.05, 0) is 29.2 Å². The fraction of sp³-hybridized carbons (Fsp3) is 0.190. The van der Waals surface area contributed by atoms with Crippen molar-refractivity contribution in [1.29, 1.82) is 0 Å². The minimum absolute atomic E-state index is 0.0391. The molecule has 0 atom stereocenters. The first kappa shape index (κ1) is 37.4. The Morgan fingerprint density at radius 2 is 1.17 bits per heavy atom. The molecule has 3 aromatic heterocycles. The van der Waals surface area contributed by atoms with E-state index in [0.717, 1.165) is 33.0 Å². The summed E-state index contributed by atoms with van der Waals surface area (Å²) < 4.78 is 7.83. The number of rotatable bonds is 6. The molecule has 7 aromatic rings. The quantitative estimate of drug-likeness (QED) is 0.0930. The normalized spacial score (nSPS) is 12.3. The molecule has 0 fully saturated rings. The minimum Gasteiger partial charge on any atom is -0.486 e. The average molecular weight is 835 g/mol. The van der Waals surface area contributed by atoms with Gasteiger partial charge in [-0.1, -0.05) is 114 Å². The van der Waals surface area contributed by atoms with Crippen LogP contribution in [0.4, 0.5) is 0 Å². The van der Waals surface area contributed by atoms with Crippen LogP contribution in [0.5, 0.6) is 5.75 Å². The second-order valence-corrected chi connectivity index (χ2v) is 16.2. The lowest BCUT2D eigenvalue weighted by atomic mass is 9.86. The molecule has 0 aliphatic carbocycles. The van der Waals surface area contributed by atoms with E-state index in [1.165, 1.54) is 0 Å². The Hall–Kier alpha value is -6.15. The predicted octanol–water partition coefficient (Wildman–Crippen LogP) is 9.25. The van der Waals surface area contributed by atoms with E-state index in [0.29, 0.717) is 40.2 Å². The van der Waals surface area contributed by atoms with Gasteiger partial charge in [-0.15, -0.1) is 0 Å². The molecule has 58 heavy (non-hydrogen) atoms. The number of nitrogens with zero attached hydrogens (tertiary/aromatic N) is 6. The number of fused-ring (bicyclic) bond motifs is 20. The second-order valence-electron chi connectivity index (χ2n) is 15.1. The van der Waals surface area contributed by atoms with Crippen molar-refractivity contribution in [3.05, 3.63) is 87.4 Å². The summed E-state index contributed by atoms with van der Waals surface area (Å²) in [6, 6.07) is 21.6. The van der Waals surface area contributed by atoms with Gasteiger partial charge in [0.2, 0.25) is 11.3 Å². The van der Waals surface area contributed by atoms with Crippen molar-refractivity contribution in [2.75, 3.05) is 0 Å². The summed E-state index contributed by atoms with van der Waals surface area (Å²) in [5.41, 5.74) is 5.64. The summed E-state index contributed by atoms with van der Waals surface area (Å²) in [5, 5.41) is 21.1. The molecular formula is C42H32Cl3N8O5+. The fourth-order valence-corrected chi connectivity index (χ4v) is 8.31. The lowest BCUT2D eigenvalue weighted by molar-refractivity contribution is -0.650. The van der Waals surface area contributed by atoms with E-state index in [4.69, 9.17) is 64.5 Å². The second kappa shape index (κ2) is 13.8. The number of hydrogen-bond donors (Lipinski definition) is 4. The molecule has 290 valence electrons. The molecule has 0 radical (unpaired) electrons. The van der Waals surface area contributed by atoms with E-state index in [1.54, 1.807) is 0 Å². The molecule has 16 heteroatoms. The van der Waals surface area contributed by atoms with E-state index in [-0.39, 0.29) is 48.3 Å². The van der Waals surface area contributed by atoms with Gasteiger partial charge in [0, 0.05) is 21.9 Å². The molecule has 5 heterocycles. The number of aliphatic carboxylic acids is 2. The highest BCUT2D eigenvalue weighted by molar-refractivity contribution is 6.51. The van der Waals surface area contributed by atoms with Gasteiger partial charge in [-0.3, -0.25) is 9.59 Å². The number of H-pyrrole nitrogens is 2. The third kappa shape index (κ3) is 6.17. The lowest BCUT2D eigenvalue weighted by Crippen LogP contribution is -2.30. The number of ether oxygens (including phenoxy) is 1. The van der Waals surface area contributed by atoms with Gasteiger partial charge in [0.05, 0.1) is 51.8 Å². The summed E-state index contributed by atoms with van der Waals surface area (Å²) in [4.78, 5) is 55.7. The molecule has 2 aliphatic heterocycles. The van der Waals surface area contributed by atoms with Crippen LogP contribution >= 0.6 is 34.8 Å². The lowest BCUT2D eigenvalue weighted by Gasteiger charge is -2.18. The topological polar surface area (TPSA) is 184 Å². The number of halogens is 3. The van der Waals surface area contributed by atoms with Crippen molar-refractivity contribution in [2.24, 2.45) is 7.05 Å².